The lowest BCUT2D eigenvalue weighted by molar-refractivity contribution is 0.0753. The van der Waals surface area contributed by atoms with Gasteiger partial charge < -0.3 is 20.1 Å². The molecular formula is C15H33N3O2. The van der Waals surface area contributed by atoms with Crippen molar-refractivity contribution in [3.63, 3.8) is 0 Å². The van der Waals surface area contributed by atoms with Gasteiger partial charge in [0, 0.05) is 45.4 Å². The number of nitrogens with zero attached hydrogens (tertiary/aromatic N) is 2. The van der Waals surface area contributed by atoms with Gasteiger partial charge in [-0.15, -0.1) is 0 Å². The van der Waals surface area contributed by atoms with Crippen LogP contribution in [0.5, 0.6) is 0 Å². The zero-order valence-electron chi connectivity index (χ0n) is 13.4. The molecule has 0 aromatic carbocycles. The monoisotopic (exact) mass is 287 g/mol. The van der Waals surface area contributed by atoms with Crippen molar-refractivity contribution in [3.05, 3.63) is 0 Å². The second-order valence-corrected chi connectivity index (χ2v) is 5.41. The van der Waals surface area contributed by atoms with Crippen LogP contribution in [0, 0.1) is 0 Å². The Balaban J connectivity index is 2.19. The molecule has 0 spiro atoms. The third kappa shape index (κ3) is 8.17. The summed E-state index contributed by atoms with van der Waals surface area (Å²) in [6.45, 7) is 13.8. The summed E-state index contributed by atoms with van der Waals surface area (Å²) in [5.74, 6) is 0. The summed E-state index contributed by atoms with van der Waals surface area (Å²) in [5.41, 5.74) is 5.94. The molecule has 1 aliphatic rings. The predicted octanol–water partition coefficient (Wildman–Crippen LogP) is 0.785. The number of likely N-dealkylation sites (tertiary alicyclic amines) is 1. The molecule has 0 atom stereocenters. The third-order valence-electron chi connectivity index (χ3n) is 3.88. The molecule has 0 radical (unpaired) electrons. The van der Waals surface area contributed by atoms with Gasteiger partial charge in [-0.1, -0.05) is 0 Å². The topological polar surface area (TPSA) is 51.0 Å². The molecule has 0 bridgehead atoms. The van der Waals surface area contributed by atoms with E-state index in [0.717, 1.165) is 78.5 Å². The zero-order valence-corrected chi connectivity index (χ0v) is 13.4. The Morgan fingerprint density at radius 1 is 1.00 bits per heavy atom. The Hall–Kier alpha value is -0.200. The Morgan fingerprint density at radius 2 is 1.55 bits per heavy atom. The van der Waals surface area contributed by atoms with E-state index in [-0.39, 0.29) is 0 Å². The van der Waals surface area contributed by atoms with Gasteiger partial charge in [-0.3, -0.25) is 4.90 Å². The first-order chi connectivity index (χ1) is 9.76. The van der Waals surface area contributed by atoms with E-state index in [1.807, 2.05) is 13.8 Å². The molecule has 0 aliphatic carbocycles. The van der Waals surface area contributed by atoms with E-state index in [4.69, 9.17) is 15.2 Å². The molecule has 0 aromatic heterocycles. The van der Waals surface area contributed by atoms with Crippen molar-refractivity contribution >= 4 is 0 Å². The molecule has 0 aromatic rings. The van der Waals surface area contributed by atoms with Gasteiger partial charge in [0.2, 0.25) is 0 Å². The van der Waals surface area contributed by atoms with Crippen LogP contribution in [0.25, 0.3) is 0 Å². The van der Waals surface area contributed by atoms with Gasteiger partial charge in [0.25, 0.3) is 0 Å². The highest BCUT2D eigenvalue weighted by Gasteiger charge is 2.16. The first-order valence-electron chi connectivity index (χ1n) is 8.12. The van der Waals surface area contributed by atoms with E-state index in [1.54, 1.807) is 0 Å². The molecule has 0 unspecified atom stereocenters. The van der Waals surface area contributed by atoms with Gasteiger partial charge in [0.05, 0.1) is 13.2 Å². The normalized spacial score (nSPS) is 18.0. The number of rotatable bonds is 11. The Bertz CT molecular complexity index is 211. The Labute approximate surface area is 124 Å². The molecule has 120 valence electrons. The minimum absolute atomic E-state index is 0.415. The highest BCUT2D eigenvalue weighted by molar-refractivity contribution is 4.74. The SMILES string of the molecule is CCOCCN(CCOCC)CCN1CCC(N)CC1. The smallest absolute Gasteiger partial charge is 0.0593 e. The average Bonchev–Trinajstić information content (AvgIpc) is 2.46. The summed E-state index contributed by atoms with van der Waals surface area (Å²) >= 11 is 0. The van der Waals surface area contributed by atoms with E-state index < -0.39 is 0 Å². The fourth-order valence-corrected chi connectivity index (χ4v) is 2.47. The quantitative estimate of drug-likeness (QED) is 0.569. The van der Waals surface area contributed by atoms with Gasteiger partial charge >= 0.3 is 0 Å². The van der Waals surface area contributed by atoms with E-state index in [1.165, 1.54) is 0 Å². The maximum Gasteiger partial charge on any atom is 0.0593 e. The van der Waals surface area contributed by atoms with Gasteiger partial charge in [0.1, 0.15) is 0 Å². The third-order valence-corrected chi connectivity index (χ3v) is 3.88. The van der Waals surface area contributed by atoms with E-state index in [9.17, 15) is 0 Å². The lowest BCUT2D eigenvalue weighted by Gasteiger charge is -2.32. The summed E-state index contributed by atoms with van der Waals surface area (Å²) < 4.78 is 10.9. The van der Waals surface area contributed by atoms with Crippen molar-refractivity contribution in [1.82, 2.24) is 9.80 Å². The number of hydrogen-bond donors (Lipinski definition) is 1. The fraction of sp³-hybridized carbons (Fsp3) is 1.00. The number of ether oxygens (including phenoxy) is 2. The molecule has 1 rings (SSSR count). The molecular weight excluding hydrogens is 254 g/mol. The van der Waals surface area contributed by atoms with Crippen LogP contribution in [-0.2, 0) is 9.47 Å². The number of hydrogen-bond acceptors (Lipinski definition) is 5. The molecule has 1 saturated heterocycles. The molecule has 1 heterocycles. The van der Waals surface area contributed by atoms with E-state index >= 15 is 0 Å². The largest absolute Gasteiger partial charge is 0.380 e. The van der Waals surface area contributed by atoms with Crippen molar-refractivity contribution in [2.75, 3.05) is 65.7 Å². The van der Waals surface area contributed by atoms with Gasteiger partial charge in [-0.25, -0.2) is 0 Å². The average molecular weight is 287 g/mol. The fourth-order valence-electron chi connectivity index (χ4n) is 2.47. The van der Waals surface area contributed by atoms with Crippen molar-refractivity contribution in [2.24, 2.45) is 5.73 Å². The highest BCUT2D eigenvalue weighted by Crippen LogP contribution is 2.07. The van der Waals surface area contributed by atoms with Crippen LogP contribution in [-0.4, -0.2) is 81.5 Å². The summed E-state index contributed by atoms with van der Waals surface area (Å²) in [7, 11) is 0. The lowest BCUT2D eigenvalue weighted by Crippen LogP contribution is -2.44. The molecule has 2 N–H and O–H groups in total. The van der Waals surface area contributed by atoms with Gasteiger partial charge in [-0.05, 0) is 39.8 Å². The standard InChI is InChI=1S/C15H33N3O2/c1-3-19-13-11-18(12-14-20-4-2)10-9-17-7-5-15(16)6-8-17/h15H,3-14,16H2,1-2H3. The van der Waals surface area contributed by atoms with E-state index in [2.05, 4.69) is 9.80 Å². The van der Waals surface area contributed by atoms with Gasteiger partial charge in [0.15, 0.2) is 0 Å². The van der Waals surface area contributed by atoms with Crippen LogP contribution in [0.2, 0.25) is 0 Å². The van der Waals surface area contributed by atoms with Crippen molar-refractivity contribution < 1.29 is 9.47 Å². The predicted molar refractivity (Wildman–Crippen MR) is 83.1 cm³/mol. The molecule has 0 saturated carbocycles. The first kappa shape index (κ1) is 17.9. The molecule has 5 nitrogen and oxygen atoms in total. The van der Waals surface area contributed by atoms with Crippen LogP contribution < -0.4 is 5.73 Å². The molecule has 1 fully saturated rings. The van der Waals surface area contributed by atoms with Crippen LogP contribution in [0.1, 0.15) is 26.7 Å². The minimum Gasteiger partial charge on any atom is -0.380 e. The first-order valence-corrected chi connectivity index (χ1v) is 8.12. The van der Waals surface area contributed by atoms with Crippen LogP contribution in [0.3, 0.4) is 0 Å². The Morgan fingerprint density at radius 3 is 2.05 bits per heavy atom. The minimum atomic E-state index is 0.415. The lowest BCUT2D eigenvalue weighted by atomic mass is 10.1. The number of nitrogens with two attached hydrogens (primary N) is 1. The molecule has 0 amide bonds. The summed E-state index contributed by atoms with van der Waals surface area (Å²) in [4.78, 5) is 4.97. The second-order valence-electron chi connectivity index (χ2n) is 5.41. The van der Waals surface area contributed by atoms with Crippen LogP contribution >= 0.6 is 0 Å². The van der Waals surface area contributed by atoms with E-state index in [0.29, 0.717) is 6.04 Å². The maximum absolute atomic E-state index is 5.94. The van der Waals surface area contributed by atoms with Crippen molar-refractivity contribution in [1.29, 1.82) is 0 Å². The van der Waals surface area contributed by atoms with Crippen LogP contribution in [0.4, 0.5) is 0 Å². The van der Waals surface area contributed by atoms with Crippen LogP contribution in [0.15, 0.2) is 0 Å². The second kappa shape index (κ2) is 11.5. The molecule has 1 aliphatic heterocycles. The van der Waals surface area contributed by atoms with Crippen molar-refractivity contribution in [3.8, 4) is 0 Å². The summed E-state index contributed by atoms with van der Waals surface area (Å²) in [5, 5.41) is 0. The molecule has 5 heteroatoms. The maximum atomic E-state index is 5.94. The Kier molecular flexibility index (Phi) is 10.2. The molecule has 20 heavy (non-hydrogen) atoms. The summed E-state index contributed by atoms with van der Waals surface area (Å²) in [6.07, 6.45) is 2.27. The zero-order chi connectivity index (χ0) is 14.6. The summed E-state index contributed by atoms with van der Waals surface area (Å²) in [6, 6.07) is 0.415. The van der Waals surface area contributed by atoms with Crippen molar-refractivity contribution in [2.45, 2.75) is 32.7 Å². The highest BCUT2D eigenvalue weighted by atomic mass is 16.5. The van der Waals surface area contributed by atoms with Gasteiger partial charge in [-0.2, -0.15) is 0 Å². The number of piperidine rings is 1.